The first kappa shape index (κ1) is 9.45. The van der Waals surface area contributed by atoms with Crippen LogP contribution in [0.5, 0.6) is 0 Å². The number of rotatable bonds is 2. The van der Waals surface area contributed by atoms with Crippen molar-refractivity contribution in [3.05, 3.63) is 12.8 Å². The molecule has 1 atom stereocenters. The molecule has 0 amide bonds. The van der Waals surface area contributed by atoms with Gasteiger partial charge in [-0.25, -0.2) is 8.78 Å². The zero-order valence-corrected chi connectivity index (χ0v) is 7.09. The molecule has 1 unspecified atom stereocenters. The molecule has 1 rings (SSSR count). The van der Waals surface area contributed by atoms with Gasteiger partial charge >= 0.3 is 0 Å². The summed E-state index contributed by atoms with van der Waals surface area (Å²) >= 11 is 0. The molecule has 1 saturated heterocycles. The third-order valence-corrected chi connectivity index (χ3v) is 1.99. The molecule has 0 N–H and O–H groups in total. The van der Waals surface area contributed by atoms with E-state index in [0.717, 1.165) is 6.26 Å². The molecule has 0 aliphatic carbocycles. The van der Waals surface area contributed by atoms with Crippen LogP contribution in [0.1, 0.15) is 6.42 Å². The first-order valence-electron chi connectivity index (χ1n) is 3.89. The van der Waals surface area contributed by atoms with Crippen LogP contribution in [-0.2, 0) is 4.74 Å². The van der Waals surface area contributed by atoms with Crippen LogP contribution in [0.2, 0.25) is 0 Å². The molecule has 1 heterocycles. The lowest BCUT2D eigenvalue weighted by atomic mass is 10.0. The highest BCUT2D eigenvalue weighted by Gasteiger charge is 2.44. The molecule has 1 fully saturated rings. The van der Waals surface area contributed by atoms with Crippen LogP contribution in [0.25, 0.3) is 0 Å². The van der Waals surface area contributed by atoms with Crippen molar-refractivity contribution in [3.63, 3.8) is 0 Å². The van der Waals surface area contributed by atoms with Gasteiger partial charge in [-0.15, -0.1) is 0 Å². The van der Waals surface area contributed by atoms with Crippen molar-refractivity contribution < 1.29 is 13.5 Å². The maximum Gasteiger partial charge on any atom is 0.296 e. The zero-order chi connectivity index (χ0) is 9.19. The predicted molar refractivity (Wildman–Crippen MR) is 42.1 cm³/mol. The Bertz CT molecular complexity index is 172. The summed E-state index contributed by atoms with van der Waals surface area (Å²) in [6, 6.07) is 0. The summed E-state index contributed by atoms with van der Waals surface area (Å²) in [4.78, 5) is 1.60. The number of hydrogen-bond donors (Lipinski definition) is 0. The van der Waals surface area contributed by atoms with Gasteiger partial charge in [0.05, 0.1) is 12.8 Å². The van der Waals surface area contributed by atoms with E-state index in [4.69, 9.17) is 4.74 Å². The van der Waals surface area contributed by atoms with Crippen molar-refractivity contribution in [1.29, 1.82) is 0 Å². The highest BCUT2D eigenvalue weighted by molar-refractivity contribution is 4.87. The molecule has 4 heteroatoms. The fourth-order valence-corrected chi connectivity index (χ4v) is 1.37. The van der Waals surface area contributed by atoms with Gasteiger partial charge < -0.3 is 9.64 Å². The minimum Gasteiger partial charge on any atom is -0.492 e. The molecule has 0 bridgehead atoms. The minimum atomic E-state index is -2.75. The van der Waals surface area contributed by atoms with Crippen LogP contribution < -0.4 is 0 Å². The number of halogens is 2. The van der Waals surface area contributed by atoms with E-state index in [1.165, 1.54) is 0 Å². The lowest BCUT2D eigenvalue weighted by Gasteiger charge is -2.35. The third kappa shape index (κ3) is 1.94. The van der Waals surface area contributed by atoms with E-state index in [1.54, 1.807) is 11.9 Å². The monoisotopic (exact) mass is 177 g/mol. The summed E-state index contributed by atoms with van der Waals surface area (Å²) in [7, 11) is 1.68. The number of nitrogens with zero attached hydrogens (tertiary/aromatic N) is 1. The molecule has 2 nitrogen and oxygen atoms in total. The fourth-order valence-electron chi connectivity index (χ4n) is 1.37. The number of alkyl halides is 2. The smallest absolute Gasteiger partial charge is 0.296 e. The number of piperidine rings is 1. The largest absolute Gasteiger partial charge is 0.492 e. The molecular weight excluding hydrogens is 164 g/mol. The van der Waals surface area contributed by atoms with Gasteiger partial charge in [-0.3, -0.25) is 0 Å². The van der Waals surface area contributed by atoms with Crippen molar-refractivity contribution >= 4 is 0 Å². The third-order valence-electron chi connectivity index (χ3n) is 1.99. The Kier molecular flexibility index (Phi) is 2.67. The van der Waals surface area contributed by atoms with Gasteiger partial charge in [0.15, 0.2) is 6.10 Å². The second kappa shape index (κ2) is 3.39. The quantitative estimate of drug-likeness (QED) is 0.592. The van der Waals surface area contributed by atoms with Crippen molar-refractivity contribution in [2.45, 2.75) is 18.4 Å². The summed E-state index contributed by atoms with van der Waals surface area (Å²) in [5.74, 6) is -2.75. The fraction of sp³-hybridized carbons (Fsp3) is 0.750. The van der Waals surface area contributed by atoms with Gasteiger partial charge in [-0.2, -0.15) is 0 Å². The normalized spacial score (nSPS) is 29.8. The van der Waals surface area contributed by atoms with E-state index < -0.39 is 12.0 Å². The SMILES string of the molecule is C=COC1CCN(C)CC1(F)F. The van der Waals surface area contributed by atoms with Gasteiger partial charge in [-0.1, -0.05) is 6.58 Å². The van der Waals surface area contributed by atoms with E-state index in [1.807, 2.05) is 0 Å². The van der Waals surface area contributed by atoms with Crippen molar-refractivity contribution in [2.24, 2.45) is 0 Å². The van der Waals surface area contributed by atoms with Crippen molar-refractivity contribution in [3.8, 4) is 0 Å². The Morgan fingerprint density at radius 2 is 2.33 bits per heavy atom. The van der Waals surface area contributed by atoms with Gasteiger partial charge in [0.25, 0.3) is 5.92 Å². The molecule has 0 aromatic rings. The summed E-state index contributed by atoms with van der Waals surface area (Å²) in [6.45, 7) is 3.69. The Morgan fingerprint density at radius 1 is 1.67 bits per heavy atom. The highest BCUT2D eigenvalue weighted by atomic mass is 19.3. The number of likely N-dealkylation sites (tertiary alicyclic amines) is 1. The zero-order valence-electron chi connectivity index (χ0n) is 7.09. The minimum absolute atomic E-state index is 0.231. The molecule has 1 aliphatic rings. The van der Waals surface area contributed by atoms with E-state index in [-0.39, 0.29) is 6.54 Å². The summed E-state index contributed by atoms with van der Waals surface area (Å²) in [5, 5.41) is 0. The van der Waals surface area contributed by atoms with Crippen molar-refractivity contribution in [2.75, 3.05) is 20.1 Å². The van der Waals surface area contributed by atoms with Crippen LogP contribution in [-0.4, -0.2) is 37.1 Å². The van der Waals surface area contributed by atoms with E-state index in [9.17, 15) is 8.78 Å². The average Bonchev–Trinajstić information content (AvgIpc) is 1.94. The van der Waals surface area contributed by atoms with Crippen LogP contribution in [0.3, 0.4) is 0 Å². The average molecular weight is 177 g/mol. The van der Waals surface area contributed by atoms with Gasteiger partial charge in [0, 0.05) is 13.0 Å². The Balaban J connectivity index is 2.57. The molecule has 0 spiro atoms. The van der Waals surface area contributed by atoms with Crippen LogP contribution in [0.15, 0.2) is 12.8 Å². The molecular formula is C8H13F2NO. The topological polar surface area (TPSA) is 12.5 Å². The first-order chi connectivity index (χ1) is 5.56. The van der Waals surface area contributed by atoms with Crippen LogP contribution >= 0.6 is 0 Å². The molecule has 0 saturated carbocycles. The van der Waals surface area contributed by atoms with E-state index in [2.05, 4.69) is 6.58 Å². The first-order valence-corrected chi connectivity index (χ1v) is 3.89. The molecule has 0 aromatic heterocycles. The maximum atomic E-state index is 13.1. The van der Waals surface area contributed by atoms with E-state index in [0.29, 0.717) is 13.0 Å². The number of ether oxygens (including phenoxy) is 1. The van der Waals surface area contributed by atoms with Crippen LogP contribution in [0, 0.1) is 0 Å². The van der Waals surface area contributed by atoms with Crippen molar-refractivity contribution in [1.82, 2.24) is 4.90 Å². The summed E-state index contributed by atoms with van der Waals surface area (Å²) in [5.41, 5.74) is 0. The number of hydrogen-bond acceptors (Lipinski definition) is 2. The van der Waals surface area contributed by atoms with E-state index >= 15 is 0 Å². The molecule has 0 aromatic carbocycles. The Labute approximate surface area is 70.8 Å². The lowest BCUT2D eigenvalue weighted by Crippen LogP contribution is -2.50. The molecule has 0 radical (unpaired) electrons. The Hall–Kier alpha value is -0.640. The summed E-state index contributed by atoms with van der Waals surface area (Å²) < 4.78 is 30.9. The molecule has 12 heavy (non-hydrogen) atoms. The Morgan fingerprint density at radius 3 is 2.83 bits per heavy atom. The molecule has 1 aliphatic heterocycles. The standard InChI is InChI=1S/C8H13F2NO/c1-3-12-7-4-5-11(2)6-8(7,9)10/h3,7H,1,4-6H2,2H3. The van der Waals surface area contributed by atoms with Gasteiger partial charge in [-0.05, 0) is 7.05 Å². The second-order valence-electron chi connectivity index (χ2n) is 3.08. The summed E-state index contributed by atoms with van der Waals surface area (Å²) in [6.07, 6.45) is 0.450. The second-order valence-corrected chi connectivity index (χ2v) is 3.08. The van der Waals surface area contributed by atoms with Gasteiger partial charge in [0.1, 0.15) is 0 Å². The highest BCUT2D eigenvalue weighted by Crippen LogP contribution is 2.28. The van der Waals surface area contributed by atoms with Crippen LogP contribution in [0.4, 0.5) is 8.78 Å². The maximum absolute atomic E-state index is 13.1. The lowest BCUT2D eigenvalue weighted by molar-refractivity contribution is -0.148. The molecule has 70 valence electrons. The predicted octanol–water partition coefficient (Wildman–Crippen LogP) is 1.49. The van der Waals surface area contributed by atoms with Gasteiger partial charge in [0.2, 0.25) is 0 Å².